The molecule has 0 aliphatic heterocycles. The van der Waals surface area contributed by atoms with E-state index in [0.717, 1.165) is 38.6 Å². The van der Waals surface area contributed by atoms with Crippen molar-refractivity contribution < 1.29 is 0 Å². The van der Waals surface area contributed by atoms with Crippen LogP contribution in [0.4, 0.5) is 5.69 Å². The third-order valence-corrected chi connectivity index (χ3v) is 6.40. The van der Waals surface area contributed by atoms with Crippen molar-refractivity contribution >= 4 is 27.5 Å². The number of fused-ring (bicyclic) bond motifs is 3. The normalized spacial score (nSPS) is 10.6. The van der Waals surface area contributed by atoms with E-state index in [4.69, 9.17) is 11.8 Å². The average Bonchev–Trinajstić information content (AvgIpc) is 3.30. The first-order valence-electron chi connectivity index (χ1n) is 11.5. The molecule has 0 atom stereocenters. The Balaban J connectivity index is 1.57. The average molecular weight is 473 g/mol. The minimum absolute atomic E-state index is 0.380. The number of benzene rings is 4. The molecular weight excluding hydrogens is 456 g/mol. The largest absolute Gasteiger partial charge is 0.308 e. The monoisotopic (exact) mass is 472 g/mol. The van der Waals surface area contributed by atoms with Gasteiger partial charge in [-0.1, -0.05) is 54.6 Å². The highest BCUT2D eigenvalue weighted by molar-refractivity contribution is 6.10. The standard InChI is InChI=1S/C31H16N6/c1-34-25-10-6-21(7-11-25)22-8-12-27-26-4-2-3-5-29(26)37(30(27)15-22)28-13-9-23(14-24(28)17-33)31-35-18-20(16-32)19-36-31/h2-15,18-19H. The van der Waals surface area contributed by atoms with Crippen LogP contribution in [0.3, 0.4) is 0 Å². The summed E-state index contributed by atoms with van der Waals surface area (Å²) >= 11 is 0. The summed E-state index contributed by atoms with van der Waals surface area (Å²) in [6, 6.07) is 32.0. The summed E-state index contributed by atoms with van der Waals surface area (Å²) in [6.45, 7) is 7.21. The lowest BCUT2D eigenvalue weighted by Gasteiger charge is -2.12. The van der Waals surface area contributed by atoms with Crippen LogP contribution in [0.1, 0.15) is 11.1 Å². The van der Waals surface area contributed by atoms with Gasteiger partial charge in [0.1, 0.15) is 12.1 Å². The predicted molar refractivity (Wildman–Crippen MR) is 143 cm³/mol. The van der Waals surface area contributed by atoms with Gasteiger partial charge in [-0.15, -0.1) is 0 Å². The number of nitrogens with zero attached hydrogens (tertiary/aromatic N) is 6. The summed E-state index contributed by atoms with van der Waals surface area (Å²) in [4.78, 5) is 12.0. The lowest BCUT2D eigenvalue weighted by atomic mass is 10.0. The maximum atomic E-state index is 10.1. The fourth-order valence-electron chi connectivity index (χ4n) is 4.63. The van der Waals surface area contributed by atoms with Crippen molar-refractivity contribution in [3.8, 4) is 40.3 Å². The van der Waals surface area contributed by atoms with Gasteiger partial charge < -0.3 is 4.57 Å². The Morgan fingerprint density at radius 2 is 1.41 bits per heavy atom. The smallest absolute Gasteiger partial charge is 0.187 e. The molecule has 6 rings (SSSR count). The fourth-order valence-corrected chi connectivity index (χ4v) is 4.63. The Labute approximate surface area is 212 Å². The zero-order valence-corrected chi connectivity index (χ0v) is 19.4. The molecule has 37 heavy (non-hydrogen) atoms. The summed E-state index contributed by atoms with van der Waals surface area (Å²) in [7, 11) is 0. The third kappa shape index (κ3) is 3.65. The Morgan fingerprint density at radius 3 is 2.14 bits per heavy atom. The van der Waals surface area contributed by atoms with Gasteiger partial charge >= 0.3 is 0 Å². The summed E-state index contributed by atoms with van der Waals surface area (Å²) < 4.78 is 2.11. The van der Waals surface area contributed by atoms with Crippen LogP contribution >= 0.6 is 0 Å². The Kier molecular flexibility index (Phi) is 5.16. The van der Waals surface area contributed by atoms with Crippen molar-refractivity contribution in [1.29, 1.82) is 10.5 Å². The zero-order valence-electron chi connectivity index (χ0n) is 19.4. The molecule has 2 aromatic heterocycles. The summed E-state index contributed by atoms with van der Waals surface area (Å²) in [6.07, 6.45) is 2.95. The predicted octanol–water partition coefficient (Wildman–Crippen LogP) is 7.20. The van der Waals surface area contributed by atoms with Crippen molar-refractivity contribution in [3.05, 3.63) is 120 Å². The number of nitriles is 2. The molecule has 0 saturated carbocycles. The van der Waals surface area contributed by atoms with Gasteiger partial charge in [0.15, 0.2) is 11.5 Å². The maximum Gasteiger partial charge on any atom is 0.187 e. The quantitative estimate of drug-likeness (QED) is 0.255. The molecule has 170 valence electrons. The van der Waals surface area contributed by atoms with Crippen LogP contribution in [0.5, 0.6) is 0 Å². The molecule has 4 aromatic carbocycles. The fraction of sp³-hybridized carbons (Fsp3) is 0. The molecule has 6 nitrogen and oxygen atoms in total. The number of rotatable bonds is 3. The van der Waals surface area contributed by atoms with Gasteiger partial charge in [-0.2, -0.15) is 10.5 Å². The van der Waals surface area contributed by atoms with Gasteiger partial charge in [0.2, 0.25) is 0 Å². The molecule has 0 fully saturated rings. The van der Waals surface area contributed by atoms with Gasteiger partial charge in [-0.3, -0.25) is 0 Å². The van der Waals surface area contributed by atoms with Gasteiger partial charge in [-0.05, 0) is 41.5 Å². The second-order valence-electron chi connectivity index (χ2n) is 8.49. The third-order valence-electron chi connectivity index (χ3n) is 6.40. The molecule has 0 unspecified atom stereocenters. The molecule has 6 aromatic rings. The van der Waals surface area contributed by atoms with E-state index >= 15 is 0 Å². The molecule has 0 aliphatic carbocycles. The zero-order chi connectivity index (χ0) is 25.4. The Morgan fingerprint density at radius 1 is 0.703 bits per heavy atom. The first kappa shape index (κ1) is 21.7. The van der Waals surface area contributed by atoms with Crippen LogP contribution in [0, 0.1) is 29.2 Å². The van der Waals surface area contributed by atoms with E-state index < -0.39 is 0 Å². The van der Waals surface area contributed by atoms with Crippen LogP contribution in [-0.4, -0.2) is 14.5 Å². The van der Waals surface area contributed by atoms with Gasteiger partial charge in [0.25, 0.3) is 0 Å². The molecule has 0 saturated heterocycles. The maximum absolute atomic E-state index is 10.1. The second-order valence-corrected chi connectivity index (χ2v) is 8.49. The highest BCUT2D eigenvalue weighted by atomic mass is 15.0. The SMILES string of the molecule is [C-]#[N+]c1ccc(-c2ccc3c4ccccc4n(-c4ccc(-c5ncc(C#N)cn5)cc4C#N)c3c2)cc1. The van der Waals surface area contributed by atoms with Crippen LogP contribution < -0.4 is 0 Å². The van der Waals surface area contributed by atoms with E-state index in [1.807, 2.05) is 54.6 Å². The van der Waals surface area contributed by atoms with Gasteiger partial charge in [0, 0.05) is 28.7 Å². The summed E-state index contributed by atoms with van der Waals surface area (Å²) in [5.41, 5.74) is 6.94. The Bertz CT molecular complexity index is 1940. The highest BCUT2D eigenvalue weighted by Gasteiger charge is 2.16. The number of aromatic nitrogens is 3. The molecule has 0 radical (unpaired) electrons. The summed E-state index contributed by atoms with van der Waals surface area (Å²) in [5.74, 6) is 0.453. The first-order valence-corrected chi connectivity index (χ1v) is 11.5. The van der Waals surface area contributed by atoms with Crippen LogP contribution in [0.15, 0.2) is 97.3 Å². The molecule has 0 amide bonds. The lowest BCUT2D eigenvalue weighted by Crippen LogP contribution is -1.99. The number of hydrogen-bond acceptors (Lipinski definition) is 4. The van der Waals surface area contributed by atoms with Crippen LogP contribution in [-0.2, 0) is 0 Å². The molecule has 2 heterocycles. The lowest BCUT2D eigenvalue weighted by molar-refractivity contribution is 1.14. The van der Waals surface area contributed by atoms with E-state index in [9.17, 15) is 5.26 Å². The van der Waals surface area contributed by atoms with Crippen molar-refractivity contribution in [2.24, 2.45) is 0 Å². The summed E-state index contributed by atoms with van der Waals surface area (Å²) in [5, 5.41) is 21.3. The molecule has 6 heteroatoms. The molecule has 0 N–H and O–H groups in total. The van der Waals surface area contributed by atoms with Crippen LogP contribution in [0.2, 0.25) is 0 Å². The molecule has 0 spiro atoms. The van der Waals surface area contributed by atoms with Crippen molar-refractivity contribution in [2.45, 2.75) is 0 Å². The van der Waals surface area contributed by atoms with E-state index in [1.54, 1.807) is 6.07 Å². The van der Waals surface area contributed by atoms with E-state index in [1.165, 1.54) is 12.4 Å². The van der Waals surface area contributed by atoms with Gasteiger partial charge in [-0.25, -0.2) is 14.8 Å². The molecular formula is C31H16N6. The number of para-hydroxylation sites is 1. The van der Waals surface area contributed by atoms with E-state index in [-0.39, 0.29) is 0 Å². The highest BCUT2D eigenvalue weighted by Crippen LogP contribution is 2.36. The molecule has 0 bridgehead atoms. The topological polar surface area (TPSA) is 82.7 Å². The Hall–Kier alpha value is -5.77. The number of hydrogen-bond donors (Lipinski definition) is 0. The minimum Gasteiger partial charge on any atom is -0.308 e. The van der Waals surface area contributed by atoms with E-state index in [2.05, 4.69) is 55.8 Å². The molecule has 0 aliphatic rings. The van der Waals surface area contributed by atoms with Gasteiger partial charge in [0.05, 0.1) is 34.4 Å². The van der Waals surface area contributed by atoms with E-state index in [0.29, 0.717) is 28.2 Å². The van der Waals surface area contributed by atoms with Crippen molar-refractivity contribution in [3.63, 3.8) is 0 Å². The first-order chi connectivity index (χ1) is 18.2. The van der Waals surface area contributed by atoms with Crippen LogP contribution in [0.25, 0.3) is 54.9 Å². The second kappa shape index (κ2) is 8.78. The minimum atomic E-state index is 0.380. The van der Waals surface area contributed by atoms with Crippen molar-refractivity contribution in [1.82, 2.24) is 14.5 Å². The van der Waals surface area contributed by atoms with Crippen molar-refractivity contribution in [2.75, 3.05) is 0 Å².